The molecule has 28 heavy (non-hydrogen) atoms. The van der Waals surface area contributed by atoms with Crippen LogP contribution in [-0.2, 0) is 12.0 Å². The molecular formula is C24H30N2O2. The number of likely N-dealkylation sites (tertiary alicyclic amines) is 1. The molecule has 2 heterocycles. The van der Waals surface area contributed by atoms with E-state index in [1.807, 2.05) is 0 Å². The van der Waals surface area contributed by atoms with Crippen LogP contribution < -0.4 is 0 Å². The van der Waals surface area contributed by atoms with Crippen LogP contribution in [0.2, 0.25) is 0 Å². The predicted molar refractivity (Wildman–Crippen MR) is 114 cm³/mol. The van der Waals surface area contributed by atoms with E-state index in [9.17, 15) is 10.2 Å². The van der Waals surface area contributed by atoms with Crippen LogP contribution in [0.1, 0.15) is 38.4 Å². The van der Waals surface area contributed by atoms with Crippen LogP contribution in [0.25, 0.3) is 22.0 Å². The average molecular weight is 379 g/mol. The second kappa shape index (κ2) is 7.36. The summed E-state index contributed by atoms with van der Waals surface area (Å²) in [5.74, 6) is 0. The van der Waals surface area contributed by atoms with Gasteiger partial charge in [-0.3, -0.25) is 4.90 Å². The van der Waals surface area contributed by atoms with E-state index in [2.05, 4.69) is 79.2 Å². The Bertz CT molecular complexity index is 970. The summed E-state index contributed by atoms with van der Waals surface area (Å²) in [6, 6.07) is 17.5. The van der Waals surface area contributed by atoms with Gasteiger partial charge in [-0.1, -0.05) is 51.1 Å². The first-order chi connectivity index (χ1) is 13.3. The van der Waals surface area contributed by atoms with Crippen molar-refractivity contribution >= 4 is 10.9 Å². The second-order valence-corrected chi connectivity index (χ2v) is 9.08. The lowest BCUT2D eigenvalue weighted by Gasteiger charge is -2.21. The molecule has 1 aliphatic heterocycles. The molecule has 0 aliphatic carbocycles. The van der Waals surface area contributed by atoms with E-state index in [-0.39, 0.29) is 24.2 Å². The number of H-pyrrole nitrogens is 1. The lowest BCUT2D eigenvalue weighted by Crippen LogP contribution is -2.31. The normalized spacial score (nSPS) is 20.9. The summed E-state index contributed by atoms with van der Waals surface area (Å²) >= 11 is 0. The van der Waals surface area contributed by atoms with E-state index in [1.54, 1.807) is 0 Å². The molecule has 1 aromatic heterocycles. The Kier molecular flexibility index (Phi) is 5.04. The summed E-state index contributed by atoms with van der Waals surface area (Å²) in [5.41, 5.74) is 6.15. The fourth-order valence-electron chi connectivity index (χ4n) is 4.18. The minimum Gasteiger partial charge on any atom is -0.395 e. The Morgan fingerprint density at radius 1 is 1.07 bits per heavy atom. The molecule has 0 bridgehead atoms. The number of benzene rings is 2. The number of nitrogens with one attached hydrogen (secondary N) is 1. The van der Waals surface area contributed by atoms with Crippen molar-refractivity contribution < 1.29 is 10.2 Å². The highest BCUT2D eigenvalue weighted by Gasteiger charge is 2.30. The molecule has 0 amide bonds. The number of aromatic amines is 1. The highest BCUT2D eigenvalue weighted by Crippen LogP contribution is 2.30. The van der Waals surface area contributed by atoms with Crippen molar-refractivity contribution in [2.75, 3.05) is 13.2 Å². The number of hydrogen-bond donors (Lipinski definition) is 3. The minimum absolute atomic E-state index is 0.0390. The zero-order chi connectivity index (χ0) is 19.9. The highest BCUT2D eigenvalue weighted by atomic mass is 16.3. The van der Waals surface area contributed by atoms with Crippen LogP contribution in [0.15, 0.2) is 48.5 Å². The molecule has 4 heteroatoms. The van der Waals surface area contributed by atoms with Crippen molar-refractivity contribution in [3.8, 4) is 11.1 Å². The van der Waals surface area contributed by atoms with Gasteiger partial charge in [-0.2, -0.15) is 0 Å². The molecule has 3 aromatic rings. The second-order valence-electron chi connectivity index (χ2n) is 9.08. The van der Waals surface area contributed by atoms with E-state index < -0.39 is 0 Å². The Balaban J connectivity index is 1.60. The molecule has 1 aliphatic rings. The summed E-state index contributed by atoms with van der Waals surface area (Å²) < 4.78 is 0. The summed E-state index contributed by atoms with van der Waals surface area (Å²) in [6.45, 7) is 8.14. The summed E-state index contributed by atoms with van der Waals surface area (Å²) in [7, 11) is 0. The number of fused-ring (bicyclic) bond motifs is 1. The Hall–Kier alpha value is -2.14. The van der Waals surface area contributed by atoms with E-state index in [1.165, 1.54) is 22.1 Å². The largest absolute Gasteiger partial charge is 0.395 e. The molecule has 2 aromatic carbocycles. The number of rotatable bonds is 4. The van der Waals surface area contributed by atoms with E-state index >= 15 is 0 Å². The van der Waals surface area contributed by atoms with Crippen LogP contribution in [0.3, 0.4) is 0 Å². The smallest absolute Gasteiger partial charge is 0.0683 e. The number of aromatic nitrogens is 1. The van der Waals surface area contributed by atoms with Crippen molar-refractivity contribution in [1.29, 1.82) is 0 Å². The molecule has 148 valence electrons. The minimum atomic E-state index is -0.344. The van der Waals surface area contributed by atoms with Crippen LogP contribution in [0.4, 0.5) is 0 Å². The summed E-state index contributed by atoms with van der Waals surface area (Å²) in [6.07, 6.45) is 0.300. The predicted octanol–water partition coefficient (Wildman–Crippen LogP) is 4.06. The lowest BCUT2D eigenvalue weighted by molar-refractivity contribution is 0.149. The van der Waals surface area contributed by atoms with Gasteiger partial charge in [-0.25, -0.2) is 0 Å². The first kappa shape index (κ1) is 19.2. The van der Waals surface area contributed by atoms with E-state index in [0.29, 0.717) is 19.5 Å². The zero-order valence-electron chi connectivity index (χ0n) is 16.9. The quantitative estimate of drug-likeness (QED) is 0.642. The van der Waals surface area contributed by atoms with Gasteiger partial charge in [0, 0.05) is 35.7 Å². The molecule has 0 radical (unpaired) electrons. The number of aliphatic hydroxyl groups is 2. The Morgan fingerprint density at radius 3 is 2.61 bits per heavy atom. The van der Waals surface area contributed by atoms with Gasteiger partial charge in [0.2, 0.25) is 0 Å². The first-order valence-corrected chi connectivity index (χ1v) is 10.1. The van der Waals surface area contributed by atoms with Gasteiger partial charge < -0.3 is 15.2 Å². The fourth-order valence-corrected chi connectivity index (χ4v) is 4.18. The topological polar surface area (TPSA) is 59.5 Å². The third kappa shape index (κ3) is 3.86. The highest BCUT2D eigenvalue weighted by molar-refractivity contribution is 5.86. The van der Waals surface area contributed by atoms with Gasteiger partial charge in [0.05, 0.1) is 12.7 Å². The maximum Gasteiger partial charge on any atom is 0.0683 e. The standard InChI is InChI=1S/C24H30N2O2/c1-24(2,3)19-6-4-5-16(10-19)17-7-8-23-18(9-17)11-20(25-23)13-26-14-22(28)12-21(26)15-27/h4-11,21-22,25,27-28H,12-15H2,1-3H3/t21-,22?/m1/s1. The molecule has 4 rings (SSSR count). The first-order valence-electron chi connectivity index (χ1n) is 10.1. The monoisotopic (exact) mass is 378 g/mol. The number of nitrogens with zero attached hydrogens (tertiary/aromatic N) is 1. The maximum atomic E-state index is 9.90. The SMILES string of the molecule is CC(C)(C)c1cccc(-c2ccc3[nH]c(CN4CC(O)C[C@@H]4CO)cc3c2)c1. The van der Waals surface area contributed by atoms with Crippen LogP contribution in [-0.4, -0.2) is 45.4 Å². The molecule has 1 fully saturated rings. The number of hydrogen-bond acceptors (Lipinski definition) is 3. The van der Waals surface area contributed by atoms with Gasteiger partial charge in [0.15, 0.2) is 0 Å². The molecule has 3 N–H and O–H groups in total. The summed E-state index contributed by atoms with van der Waals surface area (Å²) in [4.78, 5) is 5.65. The van der Waals surface area contributed by atoms with Crippen LogP contribution in [0, 0.1) is 0 Å². The van der Waals surface area contributed by atoms with Gasteiger partial charge in [-0.15, -0.1) is 0 Å². The van der Waals surface area contributed by atoms with Crippen molar-refractivity contribution in [3.05, 3.63) is 59.8 Å². The Morgan fingerprint density at radius 2 is 1.86 bits per heavy atom. The van der Waals surface area contributed by atoms with Crippen molar-refractivity contribution in [2.45, 2.75) is 51.3 Å². The van der Waals surface area contributed by atoms with Crippen LogP contribution >= 0.6 is 0 Å². The molecule has 4 nitrogen and oxygen atoms in total. The molecule has 0 saturated carbocycles. The van der Waals surface area contributed by atoms with Crippen molar-refractivity contribution in [1.82, 2.24) is 9.88 Å². The Labute approximate surface area is 166 Å². The third-order valence-electron chi connectivity index (χ3n) is 5.83. The van der Waals surface area contributed by atoms with Crippen molar-refractivity contribution in [3.63, 3.8) is 0 Å². The van der Waals surface area contributed by atoms with Gasteiger partial charge in [0.1, 0.15) is 0 Å². The van der Waals surface area contributed by atoms with Crippen LogP contribution in [0.5, 0.6) is 0 Å². The molecular weight excluding hydrogens is 348 g/mol. The van der Waals surface area contributed by atoms with Gasteiger partial charge in [0.25, 0.3) is 0 Å². The van der Waals surface area contributed by atoms with Gasteiger partial charge in [-0.05, 0) is 46.7 Å². The molecule has 0 spiro atoms. The maximum absolute atomic E-state index is 9.90. The zero-order valence-corrected chi connectivity index (χ0v) is 16.9. The fraction of sp³-hybridized carbons (Fsp3) is 0.417. The molecule has 2 atom stereocenters. The lowest BCUT2D eigenvalue weighted by atomic mass is 9.85. The average Bonchev–Trinajstić information content (AvgIpc) is 3.22. The van der Waals surface area contributed by atoms with E-state index in [0.717, 1.165) is 11.2 Å². The van der Waals surface area contributed by atoms with Gasteiger partial charge >= 0.3 is 0 Å². The molecule has 1 unspecified atom stereocenters. The van der Waals surface area contributed by atoms with E-state index in [4.69, 9.17) is 0 Å². The number of aliphatic hydroxyl groups excluding tert-OH is 2. The third-order valence-corrected chi connectivity index (χ3v) is 5.83. The van der Waals surface area contributed by atoms with Crippen molar-refractivity contribution in [2.24, 2.45) is 0 Å². The molecule has 1 saturated heterocycles. The summed E-state index contributed by atoms with van der Waals surface area (Å²) in [5, 5.41) is 20.6. The number of β-amino-alcohol motifs (C(OH)–C–C–N with tert-alkyl or cyclic N) is 1.